The minimum absolute atomic E-state index is 0.405. The zero-order chi connectivity index (χ0) is 21.3. The van der Waals surface area contributed by atoms with E-state index in [-0.39, 0.29) is 0 Å². The number of hydrogen-bond donors (Lipinski definition) is 2. The molecule has 0 spiro atoms. The van der Waals surface area contributed by atoms with Crippen molar-refractivity contribution >= 4 is 17.6 Å². The first-order valence-corrected chi connectivity index (χ1v) is 14.0. The Morgan fingerprint density at radius 3 is 1.14 bits per heavy atom. The molecule has 0 radical (unpaired) electrons. The molecular weight excluding hydrogens is 396 g/mol. The van der Waals surface area contributed by atoms with Crippen molar-refractivity contribution in [2.24, 2.45) is 11.5 Å². The molecule has 8 nitrogen and oxygen atoms in total. The fourth-order valence-electron chi connectivity index (χ4n) is 4.48. The summed E-state index contributed by atoms with van der Waals surface area (Å²) in [6.07, 6.45) is 7.49. The molecule has 0 aliphatic heterocycles. The molecule has 0 heterocycles. The van der Waals surface area contributed by atoms with Gasteiger partial charge in [-0.2, -0.15) is 0 Å². The number of rotatable bonds is 14. The van der Waals surface area contributed by atoms with Gasteiger partial charge in [0.25, 0.3) is 0 Å². The molecule has 1 fully saturated rings. The summed E-state index contributed by atoms with van der Waals surface area (Å²) in [4.78, 5) is 0. The van der Waals surface area contributed by atoms with Gasteiger partial charge >= 0.3 is 17.6 Å². The van der Waals surface area contributed by atoms with Crippen molar-refractivity contribution in [2.75, 3.05) is 42.7 Å². The van der Waals surface area contributed by atoms with Crippen LogP contribution in [0.4, 0.5) is 0 Å². The molecule has 2 unspecified atom stereocenters. The van der Waals surface area contributed by atoms with Crippen LogP contribution in [0.3, 0.4) is 0 Å². The van der Waals surface area contributed by atoms with Gasteiger partial charge in [-0.3, -0.25) is 0 Å². The average molecular weight is 439 g/mol. The maximum atomic E-state index is 6.92. The molecule has 4 N–H and O–H groups in total. The van der Waals surface area contributed by atoms with Gasteiger partial charge in [-0.25, -0.2) is 0 Å². The molecule has 0 bridgehead atoms. The number of hydrogen-bond acceptors (Lipinski definition) is 8. The first-order chi connectivity index (χ1) is 13.2. The van der Waals surface area contributed by atoms with E-state index in [0.717, 1.165) is 63.5 Å². The van der Waals surface area contributed by atoms with Crippen molar-refractivity contribution in [3.05, 3.63) is 0 Å². The maximum absolute atomic E-state index is 6.92. The highest BCUT2D eigenvalue weighted by Gasteiger charge is 2.48. The van der Waals surface area contributed by atoms with Gasteiger partial charge in [0.05, 0.1) is 0 Å². The molecule has 1 rings (SSSR count). The van der Waals surface area contributed by atoms with Crippen molar-refractivity contribution in [1.82, 2.24) is 0 Å². The predicted octanol–water partition coefficient (Wildman–Crippen LogP) is 2.27. The zero-order valence-electron chi connectivity index (χ0n) is 18.7. The summed E-state index contributed by atoms with van der Waals surface area (Å²) in [6, 6.07) is 1.47. The Balaban J connectivity index is 2.74. The molecule has 2 atom stereocenters. The van der Waals surface area contributed by atoms with Crippen LogP contribution >= 0.6 is 0 Å². The van der Waals surface area contributed by atoms with E-state index in [2.05, 4.69) is 0 Å². The van der Waals surface area contributed by atoms with Crippen LogP contribution < -0.4 is 11.5 Å². The molecule has 10 heteroatoms. The SMILES string of the molecule is CO[Si](CCCC1(N)CCCCC1(N)CCC[Si](OC)(OC)OC)(OC)OC. The van der Waals surface area contributed by atoms with E-state index in [0.29, 0.717) is 0 Å². The number of nitrogens with two attached hydrogens (primary N) is 2. The van der Waals surface area contributed by atoms with Gasteiger partial charge < -0.3 is 38.0 Å². The first-order valence-electron chi connectivity index (χ1n) is 10.1. The highest BCUT2D eigenvalue weighted by molar-refractivity contribution is 6.60. The van der Waals surface area contributed by atoms with Crippen LogP contribution in [0.25, 0.3) is 0 Å². The molecule has 1 aliphatic rings. The van der Waals surface area contributed by atoms with Gasteiger partial charge in [-0.05, 0) is 38.5 Å². The van der Waals surface area contributed by atoms with Crippen LogP contribution in [0, 0.1) is 0 Å². The van der Waals surface area contributed by atoms with Crippen molar-refractivity contribution in [2.45, 2.75) is 74.5 Å². The van der Waals surface area contributed by atoms with E-state index in [4.69, 9.17) is 38.0 Å². The molecule has 0 aromatic carbocycles. The Bertz CT molecular complexity index is 397. The van der Waals surface area contributed by atoms with Crippen LogP contribution in [0.15, 0.2) is 0 Å². The highest BCUT2D eigenvalue weighted by atomic mass is 28.4. The van der Waals surface area contributed by atoms with E-state index in [9.17, 15) is 0 Å². The molecule has 0 aromatic heterocycles. The van der Waals surface area contributed by atoms with Crippen LogP contribution in [-0.4, -0.2) is 71.3 Å². The summed E-state index contributed by atoms with van der Waals surface area (Å²) < 4.78 is 33.2. The lowest BCUT2D eigenvalue weighted by Crippen LogP contribution is -2.67. The lowest BCUT2D eigenvalue weighted by Gasteiger charge is -2.50. The first kappa shape index (κ1) is 26.1. The summed E-state index contributed by atoms with van der Waals surface area (Å²) in [5, 5.41) is 0. The molecular formula is C18H42N2O6Si2. The molecule has 1 saturated carbocycles. The average Bonchev–Trinajstić information content (AvgIpc) is 2.72. The third-order valence-electron chi connectivity index (χ3n) is 6.57. The molecule has 168 valence electrons. The normalized spacial score (nSPS) is 26.6. The maximum Gasteiger partial charge on any atom is 0.500 e. The second-order valence-corrected chi connectivity index (χ2v) is 14.0. The van der Waals surface area contributed by atoms with E-state index in [1.807, 2.05) is 0 Å². The van der Waals surface area contributed by atoms with Crippen LogP contribution in [0.5, 0.6) is 0 Å². The van der Waals surface area contributed by atoms with Gasteiger partial charge in [0.15, 0.2) is 0 Å². The van der Waals surface area contributed by atoms with Crippen molar-refractivity contribution in [3.8, 4) is 0 Å². The summed E-state index contributed by atoms with van der Waals surface area (Å²) in [5.41, 5.74) is 13.0. The summed E-state index contributed by atoms with van der Waals surface area (Å²) in [5.74, 6) is 0. The molecule has 0 saturated heterocycles. The molecule has 1 aliphatic carbocycles. The van der Waals surface area contributed by atoms with Crippen molar-refractivity contribution in [1.29, 1.82) is 0 Å². The Hall–Kier alpha value is 0.114. The van der Waals surface area contributed by atoms with Gasteiger partial charge in [0.1, 0.15) is 0 Å². The van der Waals surface area contributed by atoms with Gasteiger partial charge in [-0.15, -0.1) is 0 Å². The largest absolute Gasteiger partial charge is 0.500 e. The van der Waals surface area contributed by atoms with E-state index < -0.39 is 28.7 Å². The van der Waals surface area contributed by atoms with E-state index in [1.165, 1.54) is 0 Å². The molecule has 28 heavy (non-hydrogen) atoms. The fraction of sp³-hybridized carbons (Fsp3) is 1.00. The predicted molar refractivity (Wildman–Crippen MR) is 114 cm³/mol. The fourth-order valence-corrected chi connectivity index (χ4v) is 7.92. The third-order valence-corrected chi connectivity index (χ3v) is 12.2. The highest BCUT2D eigenvalue weighted by Crippen LogP contribution is 2.41. The van der Waals surface area contributed by atoms with Crippen LogP contribution in [0.1, 0.15) is 51.4 Å². The van der Waals surface area contributed by atoms with Crippen molar-refractivity contribution < 1.29 is 26.6 Å². The zero-order valence-corrected chi connectivity index (χ0v) is 20.7. The Morgan fingerprint density at radius 1 is 0.607 bits per heavy atom. The minimum atomic E-state index is -2.59. The molecule has 0 aromatic rings. The minimum Gasteiger partial charge on any atom is -0.377 e. The Morgan fingerprint density at radius 2 is 0.893 bits per heavy atom. The van der Waals surface area contributed by atoms with E-state index in [1.54, 1.807) is 42.7 Å². The quantitative estimate of drug-likeness (QED) is 0.398. The van der Waals surface area contributed by atoms with Crippen molar-refractivity contribution in [3.63, 3.8) is 0 Å². The summed E-state index contributed by atoms with van der Waals surface area (Å²) >= 11 is 0. The standard InChI is InChI=1S/C18H42N2O6Si2/c1-21-27(22-2,23-3)15-9-13-17(19)11-7-8-12-18(17,20)14-10-16-28(24-4,25-5)26-6/h7-16,19-20H2,1-6H3. The van der Waals surface area contributed by atoms with Crippen LogP contribution in [-0.2, 0) is 26.6 Å². The van der Waals surface area contributed by atoms with E-state index >= 15 is 0 Å². The van der Waals surface area contributed by atoms with Gasteiger partial charge in [0.2, 0.25) is 0 Å². The smallest absolute Gasteiger partial charge is 0.377 e. The van der Waals surface area contributed by atoms with Gasteiger partial charge in [0, 0.05) is 65.8 Å². The summed E-state index contributed by atoms with van der Waals surface area (Å²) in [6.45, 7) is 0. The second-order valence-electron chi connectivity index (χ2n) is 7.82. The lowest BCUT2D eigenvalue weighted by atomic mass is 9.64. The van der Waals surface area contributed by atoms with Gasteiger partial charge in [-0.1, -0.05) is 12.8 Å². The Labute approximate surface area is 173 Å². The van der Waals surface area contributed by atoms with Crippen LogP contribution in [0.2, 0.25) is 12.1 Å². The second kappa shape index (κ2) is 11.5. The monoisotopic (exact) mass is 438 g/mol. The third kappa shape index (κ3) is 6.06. The molecule has 0 amide bonds. The topological polar surface area (TPSA) is 107 Å². The summed E-state index contributed by atoms with van der Waals surface area (Å²) in [7, 11) is 4.68. The Kier molecular flexibility index (Phi) is 10.7. The lowest BCUT2D eigenvalue weighted by molar-refractivity contribution is 0.104.